The van der Waals surface area contributed by atoms with E-state index in [1.54, 1.807) is 0 Å². The first-order valence-corrected chi connectivity index (χ1v) is 18.6. The Morgan fingerprint density at radius 3 is 1.46 bits per heavy atom. The normalized spacial score (nSPS) is 11.7. The Morgan fingerprint density at radius 2 is 0.741 bits per heavy atom. The van der Waals surface area contributed by atoms with Gasteiger partial charge in [0.05, 0.1) is 22.1 Å². The van der Waals surface area contributed by atoms with Crippen molar-refractivity contribution >= 4 is 54.4 Å². The van der Waals surface area contributed by atoms with Gasteiger partial charge in [0.25, 0.3) is 0 Å². The predicted molar refractivity (Wildman–Crippen MR) is 229 cm³/mol. The van der Waals surface area contributed by atoms with E-state index < -0.39 is 0 Å². The molecule has 0 spiro atoms. The van der Waals surface area contributed by atoms with Gasteiger partial charge in [0.1, 0.15) is 0 Å². The molecule has 54 heavy (non-hydrogen) atoms. The summed E-state index contributed by atoms with van der Waals surface area (Å²) in [5.41, 5.74) is 14.5. The first-order chi connectivity index (χ1) is 26.8. The molecule has 9 aromatic carbocycles. The molecule has 0 bridgehead atoms. The standard InChI is InChI=1S/C52H34N2/c1-2-17-41(18-3-1)53-49-23-10-8-21-45(49)47-33-38(26-29-51(47)53)36-15-12-16-39(31-36)43-19-6-7-20-44(43)40-27-30-52-48(34-40)46-22-9-11-24-50(46)54(52)42-28-25-35-13-4-5-14-37(35)32-42/h1-34H. The van der Waals surface area contributed by atoms with Crippen molar-refractivity contribution in [2.45, 2.75) is 0 Å². The summed E-state index contributed by atoms with van der Waals surface area (Å²) in [6.45, 7) is 0. The third-order valence-corrected chi connectivity index (χ3v) is 11.1. The van der Waals surface area contributed by atoms with Crippen LogP contribution in [-0.4, -0.2) is 9.13 Å². The van der Waals surface area contributed by atoms with Crippen LogP contribution in [0.5, 0.6) is 0 Å². The Kier molecular flexibility index (Phi) is 6.90. The van der Waals surface area contributed by atoms with Gasteiger partial charge in [0, 0.05) is 32.9 Å². The zero-order valence-corrected chi connectivity index (χ0v) is 29.5. The third-order valence-electron chi connectivity index (χ3n) is 11.1. The van der Waals surface area contributed by atoms with Gasteiger partial charge in [-0.1, -0.05) is 140 Å². The number of nitrogens with zero attached hydrogens (tertiary/aromatic N) is 2. The number of fused-ring (bicyclic) bond motifs is 7. The number of hydrogen-bond donors (Lipinski definition) is 0. The van der Waals surface area contributed by atoms with Crippen molar-refractivity contribution in [3.05, 3.63) is 206 Å². The van der Waals surface area contributed by atoms with Crippen LogP contribution in [-0.2, 0) is 0 Å². The Bertz CT molecular complexity index is 3220. The molecule has 2 nitrogen and oxygen atoms in total. The summed E-state index contributed by atoms with van der Waals surface area (Å²) in [5, 5.41) is 7.52. The van der Waals surface area contributed by atoms with Crippen LogP contribution in [0.1, 0.15) is 0 Å². The van der Waals surface area contributed by atoms with E-state index in [0.29, 0.717) is 0 Å². The van der Waals surface area contributed by atoms with Gasteiger partial charge in [-0.15, -0.1) is 0 Å². The van der Waals surface area contributed by atoms with Gasteiger partial charge >= 0.3 is 0 Å². The molecule has 0 fully saturated rings. The van der Waals surface area contributed by atoms with Gasteiger partial charge in [-0.2, -0.15) is 0 Å². The molecule has 0 saturated carbocycles. The number of aromatic nitrogens is 2. The fourth-order valence-electron chi connectivity index (χ4n) is 8.59. The Balaban J connectivity index is 1.02. The second-order valence-corrected chi connectivity index (χ2v) is 14.2. The highest BCUT2D eigenvalue weighted by molar-refractivity contribution is 6.12. The molecule has 0 N–H and O–H groups in total. The summed E-state index contributed by atoms with van der Waals surface area (Å²) >= 11 is 0. The van der Waals surface area contributed by atoms with E-state index in [1.807, 2.05) is 0 Å². The zero-order valence-electron chi connectivity index (χ0n) is 29.5. The summed E-state index contributed by atoms with van der Waals surface area (Å²) in [5.74, 6) is 0. The number of hydrogen-bond acceptors (Lipinski definition) is 0. The average Bonchev–Trinajstić information content (AvgIpc) is 3.76. The minimum Gasteiger partial charge on any atom is -0.309 e. The maximum Gasteiger partial charge on any atom is 0.0541 e. The largest absolute Gasteiger partial charge is 0.309 e. The molecule has 252 valence electrons. The van der Waals surface area contributed by atoms with E-state index in [0.717, 1.165) is 0 Å². The van der Waals surface area contributed by atoms with Crippen LogP contribution < -0.4 is 0 Å². The number of rotatable bonds is 5. The quantitative estimate of drug-likeness (QED) is 0.171. The SMILES string of the molecule is c1ccc(-n2c3ccccc3c3cc(-c4cccc(-c5ccccc5-c5ccc6c(c5)c5ccccc5n6-c5ccc6ccccc6c5)c4)ccc32)cc1. The van der Waals surface area contributed by atoms with Gasteiger partial charge in [-0.3, -0.25) is 0 Å². The molecule has 0 saturated heterocycles. The third kappa shape index (κ3) is 4.81. The molecule has 2 heterocycles. The first-order valence-electron chi connectivity index (χ1n) is 18.6. The van der Waals surface area contributed by atoms with Crippen molar-refractivity contribution < 1.29 is 0 Å². The van der Waals surface area contributed by atoms with Crippen molar-refractivity contribution in [1.29, 1.82) is 0 Å². The molecule has 2 heteroatoms. The second-order valence-electron chi connectivity index (χ2n) is 14.2. The molecule has 2 aromatic heterocycles. The molecule has 0 unspecified atom stereocenters. The Labute approximate surface area is 313 Å². The van der Waals surface area contributed by atoms with Crippen LogP contribution in [0.3, 0.4) is 0 Å². The molecule has 0 atom stereocenters. The average molecular weight is 687 g/mol. The zero-order chi connectivity index (χ0) is 35.6. The first kappa shape index (κ1) is 30.5. The van der Waals surface area contributed by atoms with Crippen molar-refractivity contribution in [2.75, 3.05) is 0 Å². The fraction of sp³-hybridized carbons (Fsp3) is 0. The van der Waals surface area contributed by atoms with Gasteiger partial charge in [0.2, 0.25) is 0 Å². The van der Waals surface area contributed by atoms with Crippen LogP contribution in [0.4, 0.5) is 0 Å². The van der Waals surface area contributed by atoms with Crippen LogP contribution in [0.15, 0.2) is 206 Å². The van der Waals surface area contributed by atoms with Crippen LogP contribution in [0.25, 0.3) is 99.1 Å². The molecule has 11 aromatic rings. The number of para-hydroxylation sites is 3. The topological polar surface area (TPSA) is 9.86 Å². The van der Waals surface area contributed by atoms with E-state index in [4.69, 9.17) is 0 Å². The molecule has 0 radical (unpaired) electrons. The molecular weight excluding hydrogens is 653 g/mol. The van der Waals surface area contributed by atoms with E-state index >= 15 is 0 Å². The number of benzene rings is 9. The Morgan fingerprint density at radius 1 is 0.241 bits per heavy atom. The van der Waals surface area contributed by atoms with Crippen molar-refractivity contribution in [2.24, 2.45) is 0 Å². The summed E-state index contributed by atoms with van der Waals surface area (Å²) in [6, 6.07) is 75.2. The summed E-state index contributed by atoms with van der Waals surface area (Å²) < 4.78 is 4.78. The monoisotopic (exact) mass is 686 g/mol. The lowest BCUT2D eigenvalue weighted by Gasteiger charge is -2.13. The van der Waals surface area contributed by atoms with Crippen molar-refractivity contribution in [1.82, 2.24) is 9.13 Å². The molecule has 0 aliphatic rings. The maximum absolute atomic E-state index is 2.41. The van der Waals surface area contributed by atoms with E-state index in [-0.39, 0.29) is 0 Å². The molecule has 0 aliphatic heterocycles. The molecule has 0 amide bonds. The molecular formula is C52H34N2. The highest BCUT2D eigenvalue weighted by atomic mass is 15.0. The van der Waals surface area contributed by atoms with Crippen LogP contribution in [0.2, 0.25) is 0 Å². The van der Waals surface area contributed by atoms with E-state index in [9.17, 15) is 0 Å². The van der Waals surface area contributed by atoms with Crippen LogP contribution >= 0.6 is 0 Å². The van der Waals surface area contributed by atoms with E-state index in [1.165, 1.54) is 99.1 Å². The van der Waals surface area contributed by atoms with Gasteiger partial charge in [-0.05, 0) is 111 Å². The smallest absolute Gasteiger partial charge is 0.0541 e. The molecule has 11 rings (SSSR count). The lowest BCUT2D eigenvalue weighted by atomic mass is 9.92. The summed E-state index contributed by atoms with van der Waals surface area (Å²) in [6.07, 6.45) is 0. The highest BCUT2D eigenvalue weighted by Gasteiger charge is 2.17. The molecule has 0 aliphatic carbocycles. The van der Waals surface area contributed by atoms with Crippen molar-refractivity contribution in [3.63, 3.8) is 0 Å². The van der Waals surface area contributed by atoms with Gasteiger partial charge in [0.15, 0.2) is 0 Å². The Hall–Kier alpha value is -7.16. The highest BCUT2D eigenvalue weighted by Crippen LogP contribution is 2.40. The van der Waals surface area contributed by atoms with Crippen LogP contribution in [0, 0.1) is 0 Å². The van der Waals surface area contributed by atoms with E-state index in [2.05, 4.69) is 215 Å². The fourth-order valence-corrected chi connectivity index (χ4v) is 8.59. The van der Waals surface area contributed by atoms with Gasteiger partial charge < -0.3 is 9.13 Å². The lowest BCUT2D eigenvalue weighted by Crippen LogP contribution is -1.94. The predicted octanol–water partition coefficient (Wildman–Crippen LogP) is 14.0. The van der Waals surface area contributed by atoms with Gasteiger partial charge in [-0.25, -0.2) is 0 Å². The minimum atomic E-state index is 1.17. The minimum absolute atomic E-state index is 1.17. The maximum atomic E-state index is 2.41. The van der Waals surface area contributed by atoms with Crippen molar-refractivity contribution in [3.8, 4) is 44.8 Å². The second kappa shape index (κ2) is 12.2. The summed E-state index contributed by atoms with van der Waals surface area (Å²) in [7, 11) is 0. The lowest BCUT2D eigenvalue weighted by molar-refractivity contribution is 1.18. The summed E-state index contributed by atoms with van der Waals surface area (Å²) in [4.78, 5) is 0.